The molecule has 0 aromatic heterocycles. The molecule has 114 valence electrons. The number of sulfonamides is 1. The van der Waals surface area contributed by atoms with E-state index in [1.54, 1.807) is 22.5 Å². The number of piperidine rings is 1. The van der Waals surface area contributed by atoms with Gasteiger partial charge in [0.25, 0.3) is 0 Å². The molecule has 2 atom stereocenters. The Labute approximate surface area is 131 Å². The van der Waals surface area contributed by atoms with Crippen LogP contribution in [0.1, 0.15) is 18.4 Å². The Bertz CT molecular complexity index is 656. The van der Waals surface area contributed by atoms with E-state index >= 15 is 0 Å². The van der Waals surface area contributed by atoms with E-state index in [2.05, 4.69) is 5.32 Å². The largest absolute Gasteiger partial charge is 0.314 e. The number of nitriles is 1. The van der Waals surface area contributed by atoms with E-state index in [0.717, 1.165) is 19.4 Å². The molecule has 2 heterocycles. The lowest BCUT2D eigenvalue weighted by atomic mass is 9.95. The van der Waals surface area contributed by atoms with Gasteiger partial charge >= 0.3 is 0 Å². The molecule has 2 aliphatic rings. The van der Waals surface area contributed by atoms with Gasteiger partial charge in [0, 0.05) is 19.1 Å². The Balaban J connectivity index is 0.00000161. The van der Waals surface area contributed by atoms with Crippen LogP contribution in [0.3, 0.4) is 0 Å². The Kier molecular flexibility index (Phi) is 4.89. The molecule has 0 spiro atoms. The highest BCUT2D eigenvalue weighted by Crippen LogP contribution is 2.28. The van der Waals surface area contributed by atoms with Crippen molar-refractivity contribution in [3.05, 3.63) is 29.8 Å². The van der Waals surface area contributed by atoms with Crippen LogP contribution < -0.4 is 5.32 Å². The first-order chi connectivity index (χ1) is 9.61. The highest BCUT2D eigenvalue weighted by molar-refractivity contribution is 7.89. The van der Waals surface area contributed by atoms with Gasteiger partial charge in [-0.15, -0.1) is 12.4 Å². The van der Waals surface area contributed by atoms with Gasteiger partial charge < -0.3 is 5.32 Å². The number of fused-ring (bicyclic) bond motifs is 1. The third-order valence-electron chi connectivity index (χ3n) is 4.22. The highest BCUT2D eigenvalue weighted by Gasteiger charge is 2.37. The van der Waals surface area contributed by atoms with Crippen LogP contribution in [0.2, 0.25) is 0 Å². The van der Waals surface area contributed by atoms with Crippen molar-refractivity contribution in [2.75, 3.05) is 19.6 Å². The number of nitrogens with one attached hydrogen (secondary N) is 1. The molecule has 0 radical (unpaired) electrons. The molecule has 2 saturated heterocycles. The van der Waals surface area contributed by atoms with Crippen molar-refractivity contribution in [3.8, 4) is 6.07 Å². The number of hydrogen-bond donors (Lipinski definition) is 1. The normalized spacial score (nSPS) is 25.7. The Morgan fingerprint density at radius 3 is 2.90 bits per heavy atom. The van der Waals surface area contributed by atoms with Crippen molar-refractivity contribution in [2.45, 2.75) is 23.8 Å². The summed E-state index contributed by atoms with van der Waals surface area (Å²) >= 11 is 0. The number of halogens is 1. The van der Waals surface area contributed by atoms with Crippen LogP contribution in [-0.4, -0.2) is 38.4 Å². The Morgan fingerprint density at radius 1 is 1.33 bits per heavy atom. The molecule has 0 aliphatic carbocycles. The third-order valence-corrected chi connectivity index (χ3v) is 6.08. The van der Waals surface area contributed by atoms with Crippen molar-refractivity contribution in [2.24, 2.45) is 5.92 Å². The van der Waals surface area contributed by atoms with Crippen molar-refractivity contribution in [1.29, 1.82) is 5.26 Å². The van der Waals surface area contributed by atoms with Crippen molar-refractivity contribution < 1.29 is 8.42 Å². The first kappa shape index (κ1) is 16.2. The van der Waals surface area contributed by atoms with E-state index < -0.39 is 10.0 Å². The van der Waals surface area contributed by atoms with Gasteiger partial charge in [0.1, 0.15) is 0 Å². The van der Waals surface area contributed by atoms with E-state index in [-0.39, 0.29) is 17.3 Å². The van der Waals surface area contributed by atoms with Gasteiger partial charge in [0.15, 0.2) is 0 Å². The zero-order valence-electron chi connectivity index (χ0n) is 11.5. The number of benzene rings is 1. The molecule has 21 heavy (non-hydrogen) atoms. The molecule has 5 nitrogen and oxygen atoms in total. The predicted molar refractivity (Wildman–Crippen MR) is 81.7 cm³/mol. The lowest BCUT2D eigenvalue weighted by Crippen LogP contribution is -2.46. The van der Waals surface area contributed by atoms with E-state index in [9.17, 15) is 8.42 Å². The average molecular weight is 328 g/mol. The van der Waals surface area contributed by atoms with Crippen LogP contribution in [0.5, 0.6) is 0 Å². The molecular weight excluding hydrogens is 310 g/mol. The van der Waals surface area contributed by atoms with Gasteiger partial charge in [0.05, 0.1) is 16.5 Å². The van der Waals surface area contributed by atoms with Crippen LogP contribution in [-0.2, 0) is 10.0 Å². The van der Waals surface area contributed by atoms with E-state index in [1.165, 1.54) is 6.07 Å². The summed E-state index contributed by atoms with van der Waals surface area (Å²) in [6.45, 7) is 2.11. The highest BCUT2D eigenvalue weighted by atomic mass is 35.5. The fourth-order valence-electron chi connectivity index (χ4n) is 3.11. The number of rotatable bonds is 2. The maximum atomic E-state index is 12.6. The molecule has 0 bridgehead atoms. The molecule has 2 unspecified atom stereocenters. The van der Waals surface area contributed by atoms with Gasteiger partial charge in [0.2, 0.25) is 10.0 Å². The molecule has 1 aromatic carbocycles. The zero-order valence-corrected chi connectivity index (χ0v) is 13.2. The molecule has 3 rings (SSSR count). The van der Waals surface area contributed by atoms with E-state index in [0.29, 0.717) is 30.6 Å². The van der Waals surface area contributed by atoms with Crippen molar-refractivity contribution in [3.63, 3.8) is 0 Å². The minimum Gasteiger partial charge on any atom is -0.314 e. The molecule has 0 amide bonds. The Morgan fingerprint density at radius 2 is 2.14 bits per heavy atom. The van der Waals surface area contributed by atoms with Crippen LogP contribution >= 0.6 is 12.4 Å². The standard InChI is InChI=1S/C14H17N3O2S.ClH/c15-9-11-2-1-3-13(8-11)20(18,19)17-7-5-14-12(10-17)4-6-16-14;/h1-3,8,12,14,16H,4-7,10H2;1H. The summed E-state index contributed by atoms with van der Waals surface area (Å²) in [5.41, 5.74) is 0.378. The van der Waals surface area contributed by atoms with E-state index in [1.807, 2.05) is 6.07 Å². The molecular formula is C14H18ClN3O2S. The lowest BCUT2D eigenvalue weighted by molar-refractivity contribution is 0.247. The fraction of sp³-hybridized carbons (Fsp3) is 0.500. The van der Waals surface area contributed by atoms with Crippen molar-refractivity contribution >= 4 is 22.4 Å². The Hall–Kier alpha value is -1.13. The smallest absolute Gasteiger partial charge is 0.243 e. The first-order valence-electron chi connectivity index (χ1n) is 6.85. The predicted octanol–water partition coefficient (Wildman–Crippen LogP) is 1.35. The summed E-state index contributed by atoms with van der Waals surface area (Å²) in [4.78, 5) is 0.223. The lowest BCUT2D eigenvalue weighted by Gasteiger charge is -2.34. The quantitative estimate of drug-likeness (QED) is 0.890. The topological polar surface area (TPSA) is 73.2 Å². The molecule has 2 aliphatic heterocycles. The second-order valence-electron chi connectivity index (χ2n) is 5.40. The van der Waals surface area contributed by atoms with Gasteiger partial charge in [-0.25, -0.2) is 8.42 Å². The summed E-state index contributed by atoms with van der Waals surface area (Å²) < 4.78 is 26.8. The maximum absolute atomic E-state index is 12.6. The van der Waals surface area contributed by atoms with Crippen LogP contribution in [0.25, 0.3) is 0 Å². The monoisotopic (exact) mass is 327 g/mol. The summed E-state index contributed by atoms with van der Waals surface area (Å²) in [5.74, 6) is 0.415. The molecule has 1 N–H and O–H groups in total. The first-order valence-corrected chi connectivity index (χ1v) is 8.29. The fourth-order valence-corrected chi connectivity index (χ4v) is 4.67. The molecule has 0 saturated carbocycles. The maximum Gasteiger partial charge on any atom is 0.243 e. The number of nitrogens with zero attached hydrogens (tertiary/aromatic N) is 2. The van der Waals surface area contributed by atoms with Gasteiger partial charge in [-0.1, -0.05) is 6.07 Å². The summed E-state index contributed by atoms with van der Waals surface area (Å²) in [7, 11) is -3.48. The van der Waals surface area contributed by atoms with Crippen LogP contribution in [0.4, 0.5) is 0 Å². The van der Waals surface area contributed by atoms with Gasteiger partial charge in [-0.3, -0.25) is 0 Å². The van der Waals surface area contributed by atoms with E-state index in [4.69, 9.17) is 5.26 Å². The zero-order chi connectivity index (χ0) is 14.2. The summed E-state index contributed by atoms with van der Waals surface area (Å²) in [5, 5.41) is 12.3. The van der Waals surface area contributed by atoms with Gasteiger partial charge in [-0.05, 0) is 43.5 Å². The van der Waals surface area contributed by atoms with Crippen LogP contribution in [0, 0.1) is 17.2 Å². The third kappa shape index (κ3) is 3.06. The van der Waals surface area contributed by atoms with Gasteiger partial charge in [-0.2, -0.15) is 9.57 Å². The molecule has 1 aromatic rings. The SMILES string of the molecule is Cl.N#Cc1cccc(S(=O)(=O)N2CCC3NCCC3C2)c1. The minimum absolute atomic E-state index is 0. The summed E-state index contributed by atoms with van der Waals surface area (Å²) in [6.07, 6.45) is 1.90. The van der Waals surface area contributed by atoms with Crippen LogP contribution in [0.15, 0.2) is 29.2 Å². The summed E-state index contributed by atoms with van der Waals surface area (Å²) in [6, 6.07) is 8.71. The molecule has 7 heteroatoms. The average Bonchev–Trinajstić information content (AvgIpc) is 2.94. The number of hydrogen-bond acceptors (Lipinski definition) is 4. The molecule has 2 fully saturated rings. The van der Waals surface area contributed by atoms with Crippen molar-refractivity contribution in [1.82, 2.24) is 9.62 Å². The second kappa shape index (κ2) is 6.32. The minimum atomic E-state index is -3.48. The second-order valence-corrected chi connectivity index (χ2v) is 7.34.